The summed E-state index contributed by atoms with van der Waals surface area (Å²) >= 11 is 0. The highest BCUT2D eigenvalue weighted by Gasteiger charge is 2.13. The maximum atomic E-state index is 5.78. The number of rotatable bonds is 12. The first kappa shape index (κ1) is 16.8. The average Bonchev–Trinajstić information content (AvgIpc) is 2.34. The fraction of sp³-hybridized carbons (Fsp3) is 1.00. The molecule has 0 aliphatic carbocycles. The van der Waals surface area contributed by atoms with Gasteiger partial charge in [0, 0.05) is 26.4 Å². The van der Waals surface area contributed by atoms with Crippen molar-refractivity contribution in [3.8, 4) is 0 Å². The first-order chi connectivity index (χ1) is 8.26. The van der Waals surface area contributed by atoms with Crippen LogP contribution in [0, 0.1) is 0 Å². The van der Waals surface area contributed by atoms with Crippen LogP contribution in [0.1, 0.15) is 33.6 Å². The molecule has 0 aromatic rings. The second kappa shape index (κ2) is 12.3. The van der Waals surface area contributed by atoms with E-state index < -0.39 is 0 Å². The number of hydrogen-bond acceptors (Lipinski definition) is 4. The molecule has 1 N–H and O–H groups in total. The Balaban J connectivity index is 3.39. The van der Waals surface area contributed by atoms with E-state index in [1.54, 1.807) is 7.11 Å². The van der Waals surface area contributed by atoms with Crippen molar-refractivity contribution in [2.75, 3.05) is 40.1 Å². The van der Waals surface area contributed by atoms with Crippen molar-refractivity contribution in [3.63, 3.8) is 0 Å². The summed E-state index contributed by atoms with van der Waals surface area (Å²) in [6.45, 7) is 10.3. The lowest BCUT2D eigenvalue weighted by atomic mass is 10.1. The minimum absolute atomic E-state index is 0.263. The van der Waals surface area contributed by atoms with Gasteiger partial charge in [-0.3, -0.25) is 0 Å². The van der Waals surface area contributed by atoms with Gasteiger partial charge in [-0.15, -0.1) is 0 Å². The molecule has 17 heavy (non-hydrogen) atoms. The molecule has 4 nitrogen and oxygen atoms in total. The highest BCUT2D eigenvalue weighted by Crippen LogP contribution is 2.03. The molecule has 0 heterocycles. The Morgan fingerprint density at radius 3 is 2.41 bits per heavy atom. The van der Waals surface area contributed by atoms with Gasteiger partial charge in [0.1, 0.15) is 0 Å². The zero-order chi connectivity index (χ0) is 12.9. The van der Waals surface area contributed by atoms with E-state index in [0.717, 1.165) is 32.6 Å². The van der Waals surface area contributed by atoms with Gasteiger partial charge in [-0.1, -0.05) is 13.8 Å². The van der Waals surface area contributed by atoms with Gasteiger partial charge >= 0.3 is 0 Å². The summed E-state index contributed by atoms with van der Waals surface area (Å²) in [7, 11) is 1.68. The molecule has 0 aromatic heterocycles. The third kappa shape index (κ3) is 9.53. The Hall–Kier alpha value is -0.160. The number of methoxy groups -OCH3 is 1. The van der Waals surface area contributed by atoms with Crippen molar-refractivity contribution in [2.24, 2.45) is 0 Å². The molecule has 0 spiro atoms. The molecule has 0 rings (SSSR count). The van der Waals surface area contributed by atoms with Gasteiger partial charge in [0.15, 0.2) is 0 Å². The fourth-order valence-electron chi connectivity index (χ4n) is 1.70. The Morgan fingerprint density at radius 2 is 1.82 bits per heavy atom. The van der Waals surface area contributed by atoms with E-state index in [-0.39, 0.29) is 6.10 Å². The van der Waals surface area contributed by atoms with Crippen molar-refractivity contribution in [2.45, 2.75) is 45.8 Å². The van der Waals surface area contributed by atoms with Gasteiger partial charge in [0.05, 0.1) is 19.3 Å². The van der Waals surface area contributed by atoms with Gasteiger partial charge in [0.25, 0.3) is 0 Å². The average molecular weight is 247 g/mol. The van der Waals surface area contributed by atoms with Crippen LogP contribution >= 0.6 is 0 Å². The van der Waals surface area contributed by atoms with E-state index in [1.165, 1.54) is 0 Å². The zero-order valence-electron chi connectivity index (χ0n) is 11.8. The van der Waals surface area contributed by atoms with Crippen molar-refractivity contribution < 1.29 is 14.2 Å². The molecule has 4 heteroatoms. The highest BCUT2D eigenvalue weighted by atomic mass is 16.5. The molecule has 2 unspecified atom stereocenters. The van der Waals surface area contributed by atoms with E-state index in [0.29, 0.717) is 19.3 Å². The summed E-state index contributed by atoms with van der Waals surface area (Å²) < 4.78 is 16.0. The predicted molar refractivity (Wildman–Crippen MR) is 70.5 cm³/mol. The Labute approximate surface area is 106 Å². The first-order valence-corrected chi connectivity index (χ1v) is 6.67. The van der Waals surface area contributed by atoms with Crippen LogP contribution in [0.4, 0.5) is 0 Å². The van der Waals surface area contributed by atoms with Gasteiger partial charge < -0.3 is 19.5 Å². The molecule has 0 fully saturated rings. The topological polar surface area (TPSA) is 39.7 Å². The lowest BCUT2D eigenvalue weighted by molar-refractivity contribution is 0.0152. The largest absolute Gasteiger partial charge is 0.382 e. The third-order valence-corrected chi connectivity index (χ3v) is 2.72. The van der Waals surface area contributed by atoms with Crippen molar-refractivity contribution in [1.82, 2.24) is 5.32 Å². The van der Waals surface area contributed by atoms with Crippen molar-refractivity contribution in [3.05, 3.63) is 0 Å². The summed E-state index contributed by atoms with van der Waals surface area (Å²) in [4.78, 5) is 0. The maximum absolute atomic E-state index is 5.78. The molecule has 0 saturated carbocycles. The van der Waals surface area contributed by atoms with Gasteiger partial charge in [0.2, 0.25) is 0 Å². The zero-order valence-corrected chi connectivity index (χ0v) is 11.8. The highest BCUT2D eigenvalue weighted by molar-refractivity contribution is 4.71. The lowest BCUT2D eigenvalue weighted by Gasteiger charge is -2.23. The SMILES string of the molecule is CCNC(CC)C(C)OCCCOCCOC. The first-order valence-electron chi connectivity index (χ1n) is 6.67. The summed E-state index contributed by atoms with van der Waals surface area (Å²) in [6, 6.07) is 0.453. The van der Waals surface area contributed by atoms with E-state index in [4.69, 9.17) is 14.2 Å². The van der Waals surface area contributed by atoms with Crippen molar-refractivity contribution in [1.29, 1.82) is 0 Å². The van der Waals surface area contributed by atoms with E-state index >= 15 is 0 Å². The lowest BCUT2D eigenvalue weighted by Crippen LogP contribution is -2.39. The standard InChI is InChI=1S/C13H29NO3/c1-5-13(14-6-2)12(3)17-9-7-8-16-11-10-15-4/h12-14H,5-11H2,1-4H3. The molecule has 0 amide bonds. The minimum atomic E-state index is 0.263. The van der Waals surface area contributed by atoms with Crippen LogP contribution in [0.25, 0.3) is 0 Å². The second-order valence-electron chi connectivity index (χ2n) is 4.11. The normalized spacial score (nSPS) is 14.8. The number of ether oxygens (including phenoxy) is 3. The fourth-order valence-corrected chi connectivity index (χ4v) is 1.70. The van der Waals surface area contributed by atoms with Crippen molar-refractivity contribution >= 4 is 0 Å². The van der Waals surface area contributed by atoms with Crippen LogP contribution in [-0.4, -0.2) is 52.2 Å². The minimum Gasteiger partial charge on any atom is -0.382 e. The summed E-state index contributed by atoms with van der Waals surface area (Å²) in [5, 5.41) is 3.43. The summed E-state index contributed by atoms with van der Waals surface area (Å²) in [5.74, 6) is 0. The molecule has 2 atom stereocenters. The molecular formula is C13H29NO3. The molecule has 0 radical (unpaired) electrons. The van der Waals surface area contributed by atoms with Crippen LogP contribution in [0.2, 0.25) is 0 Å². The Morgan fingerprint density at radius 1 is 1.06 bits per heavy atom. The van der Waals surface area contributed by atoms with E-state index in [1.807, 2.05) is 0 Å². The molecule has 0 bridgehead atoms. The van der Waals surface area contributed by atoms with Gasteiger partial charge in [-0.05, 0) is 26.3 Å². The van der Waals surface area contributed by atoms with E-state index in [2.05, 4.69) is 26.1 Å². The Bertz CT molecular complexity index is 156. The molecule has 0 aliphatic heterocycles. The van der Waals surface area contributed by atoms with Crippen LogP contribution in [0.5, 0.6) is 0 Å². The third-order valence-electron chi connectivity index (χ3n) is 2.72. The Kier molecular flexibility index (Phi) is 12.2. The molecule has 0 aliphatic rings. The monoisotopic (exact) mass is 247 g/mol. The van der Waals surface area contributed by atoms with Crippen LogP contribution in [-0.2, 0) is 14.2 Å². The number of nitrogens with one attached hydrogen (secondary N) is 1. The van der Waals surface area contributed by atoms with Gasteiger partial charge in [-0.2, -0.15) is 0 Å². The smallest absolute Gasteiger partial charge is 0.0700 e. The van der Waals surface area contributed by atoms with E-state index in [9.17, 15) is 0 Å². The summed E-state index contributed by atoms with van der Waals surface area (Å²) in [5.41, 5.74) is 0. The van der Waals surface area contributed by atoms with Gasteiger partial charge in [-0.25, -0.2) is 0 Å². The second-order valence-corrected chi connectivity index (χ2v) is 4.11. The predicted octanol–water partition coefficient (Wildman–Crippen LogP) is 1.83. The van der Waals surface area contributed by atoms with Crippen LogP contribution in [0.3, 0.4) is 0 Å². The number of likely N-dealkylation sites (N-methyl/N-ethyl adjacent to an activating group) is 1. The molecule has 104 valence electrons. The molecular weight excluding hydrogens is 218 g/mol. The number of hydrogen-bond donors (Lipinski definition) is 1. The quantitative estimate of drug-likeness (QED) is 0.534. The molecule has 0 aromatic carbocycles. The van der Waals surface area contributed by atoms with Crippen LogP contribution < -0.4 is 5.32 Å². The summed E-state index contributed by atoms with van der Waals surface area (Å²) in [6.07, 6.45) is 2.30. The molecule has 0 saturated heterocycles. The maximum Gasteiger partial charge on any atom is 0.0700 e. The van der Waals surface area contributed by atoms with Crippen LogP contribution in [0.15, 0.2) is 0 Å².